The Morgan fingerprint density at radius 2 is 2.22 bits per heavy atom. The smallest absolute Gasteiger partial charge is 0.273 e. The lowest BCUT2D eigenvalue weighted by Gasteiger charge is -2.10. The number of aromatic nitrogens is 1. The lowest BCUT2D eigenvalue weighted by molar-refractivity contribution is 0.0860. The van der Waals surface area contributed by atoms with Gasteiger partial charge in [-0.3, -0.25) is 4.79 Å². The Bertz CT molecular complexity index is 404. The van der Waals surface area contributed by atoms with Gasteiger partial charge in [-0.05, 0) is 13.8 Å². The maximum atomic E-state index is 13.5. The number of hydrogen-bond acceptors (Lipinski definition) is 4. The van der Waals surface area contributed by atoms with Crippen molar-refractivity contribution in [1.29, 1.82) is 0 Å². The molecule has 0 saturated heterocycles. The predicted molar refractivity (Wildman–Crippen MR) is 64.2 cm³/mol. The van der Waals surface area contributed by atoms with E-state index >= 15 is 0 Å². The summed E-state index contributed by atoms with van der Waals surface area (Å²) in [5, 5.41) is 6.27. The molecule has 6 heteroatoms. The van der Waals surface area contributed by atoms with Gasteiger partial charge in [-0.15, -0.1) is 0 Å². The zero-order chi connectivity index (χ0) is 13.7. The molecule has 5 nitrogen and oxygen atoms in total. The van der Waals surface area contributed by atoms with E-state index in [1.54, 1.807) is 7.11 Å². The van der Waals surface area contributed by atoms with Crippen molar-refractivity contribution in [2.75, 3.05) is 13.7 Å². The van der Waals surface area contributed by atoms with E-state index in [1.807, 2.05) is 13.8 Å². The largest absolute Gasteiger partial charge is 0.380 e. The monoisotopic (exact) mass is 258 g/mol. The minimum Gasteiger partial charge on any atom is -0.380 e. The Balaban J connectivity index is 2.82. The van der Waals surface area contributed by atoms with Crippen LogP contribution in [0.3, 0.4) is 0 Å². The number of aryl methyl sites for hydroxylation is 1. The van der Waals surface area contributed by atoms with Crippen molar-refractivity contribution in [3.8, 4) is 0 Å². The number of halogens is 1. The topological polar surface area (TPSA) is 64.4 Å². The van der Waals surface area contributed by atoms with Crippen LogP contribution in [0.15, 0.2) is 4.52 Å². The van der Waals surface area contributed by atoms with E-state index in [0.717, 1.165) is 0 Å². The molecular formula is C12H19FN2O3. The van der Waals surface area contributed by atoms with Gasteiger partial charge in [0.2, 0.25) is 0 Å². The summed E-state index contributed by atoms with van der Waals surface area (Å²) < 4.78 is 23.5. The summed E-state index contributed by atoms with van der Waals surface area (Å²) in [7, 11) is 1.55. The Morgan fingerprint density at radius 1 is 1.56 bits per heavy atom. The molecule has 1 amide bonds. The number of nitrogens with zero attached hydrogens (tertiary/aromatic N) is 1. The number of nitrogens with one attached hydrogen (secondary N) is 1. The van der Waals surface area contributed by atoms with Crippen LogP contribution in [0.1, 0.15) is 48.8 Å². The lowest BCUT2D eigenvalue weighted by Crippen LogP contribution is -2.32. The third-order valence-electron chi connectivity index (χ3n) is 2.69. The second-order valence-corrected chi connectivity index (χ2v) is 4.09. The first-order valence-corrected chi connectivity index (χ1v) is 5.94. The molecule has 1 rings (SSSR count). The predicted octanol–water partition coefficient (Wildman–Crippen LogP) is 2.03. The molecule has 1 N–H and O–H groups in total. The molecule has 0 aliphatic heterocycles. The van der Waals surface area contributed by atoms with E-state index in [-0.39, 0.29) is 17.4 Å². The second kappa shape index (κ2) is 6.49. The molecule has 0 aromatic carbocycles. The number of amides is 1. The first-order valence-electron chi connectivity index (χ1n) is 5.94. The highest BCUT2D eigenvalue weighted by Gasteiger charge is 2.25. The first-order chi connectivity index (χ1) is 8.51. The summed E-state index contributed by atoms with van der Waals surface area (Å²) in [6.07, 6.45) is -0.900. The van der Waals surface area contributed by atoms with E-state index in [9.17, 15) is 9.18 Å². The molecule has 1 heterocycles. The standard InChI is InChI=1S/C12H19FN2O3/c1-5-9-10(8(3)13)11(15-18-9)12(16)14-6-7(2)17-4/h7-8H,5-6H2,1-4H3,(H,14,16). The van der Waals surface area contributed by atoms with E-state index in [0.29, 0.717) is 18.7 Å². The van der Waals surface area contributed by atoms with Crippen LogP contribution in [0.25, 0.3) is 0 Å². The van der Waals surface area contributed by atoms with Gasteiger partial charge in [0.15, 0.2) is 5.69 Å². The zero-order valence-corrected chi connectivity index (χ0v) is 11.1. The fourth-order valence-corrected chi connectivity index (χ4v) is 1.56. The Hall–Kier alpha value is -1.43. The molecule has 1 aromatic rings. The van der Waals surface area contributed by atoms with Crippen molar-refractivity contribution < 1.29 is 18.4 Å². The number of rotatable bonds is 6. The summed E-state index contributed by atoms with van der Waals surface area (Å²) in [4.78, 5) is 11.9. The van der Waals surface area contributed by atoms with Crippen molar-refractivity contribution in [2.45, 2.75) is 39.5 Å². The Kier molecular flexibility index (Phi) is 5.27. The summed E-state index contributed by atoms with van der Waals surface area (Å²) >= 11 is 0. The molecule has 0 fully saturated rings. The van der Waals surface area contributed by atoms with E-state index < -0.39 is 12.1 Å². The average molecular weight is 258 g/mol. The zero-order valence-electron chi connectivity index (χ0n) is 11.1. The van der Waals surface area contributed by atoms with Crippen molar-refractivity contribution in [2.24, 2.45) is 0 Å². The quantitative estimate of drug-likeness (QED) is 0.848. The molecule has 0 aliphatic carbocycles. The number of ether oxygens (including phenoxy) is 1. The third kappa shape index (κ3) is 3.29. The summed E-state index contributed by atoms with van der Waals surface area (Å²) in [5.74, 6) is -0.0308. The van der Waals surface area contributed by atoms with E-state index in [2.05, 4.69) is 10.5 Å². The molecule has 18 heavy (non-hydrogen) atoms. The highest BCUT2D eigenvalue weighted by atomic mass is 19.1. The van der Waals surface area contributed by atoms with Gasteiger partial charge in [-0.2, -0.15) is 0 Å². The van der Waals surface area contributed by atoms with E-state index in [1.165, 1.54) is 6.92 Å². The maximum absolute atomic E-state index is 13.5. The molecule has 2 atom stereocenters. The summed E-state index contributed by atoms with van der Waals surface area (Å²) in [6.45, 7) is 5.34. The number of alkyl halides is 1. The van der Waals surface area contributed by atoms with Crippen LogP contribution >= 0.6 is 0 Å². The third-order valence-corrected chi connectivity index (χ3v) is 2.69. The molecule has 0 saturated carbocycles. The molecule has 0 bridgehead atoms. The molecule has 102 valence electrons. The van der Waals surface area contributed by atoms with Crippen LogP contribution in [0, 0.1) is 0 Å². The highest BCUT2D eigenvalue weighted by Crippen LogP contribution is 2.25. The van der Waals surface area contributed by atoms with Crippen LogP contribution in [0.5, 0.6) is 0 Å². The molecule has 0 radical (unpaired) electrons. The Morgan fingerprint density at radius 3 is 2.72 bits per heavy atom. The summed E-state index contributed by atoms with van der Waals surface area (Å²) in [5.41, 5.74) is 0.255. The number of hydrogen-bond donors (Lipinski definition) is 1. The van der Waals surface area contributed by atoms with Gasteiger partial charge in [0.25, 0.3) is 5.91 Å². The van der Waals surface area contributed by atoms with E-state index in [4.69, 9.17) is 9.26 Å². The van der Waals surface area contributed by atoms with Crippen LogP contribution in [-0.4, -0.2) is 30.8 Å². The van der Waals surface area contributed by atoms with Crippen molar-refractivity contribution >= 4 is 5.91 Å². The Labute approximate surface area is 106 Å². The fourth-order valence-electron chi connectivity index (χ4n) is 1.56. The SMILES string of the molecule is CCc1onc(C(=O)NCC(C)OC)c1C(C)F. The molecule has 0 spiro atoms. The second-order valence-electron chi connectivity index (χ2n) is 4.09. The van der Waals surface area contributed by atoms with Gasteiger partial charge in [0.05, 0.1) is 11.7 Å². The van der Waals surface area contributed by atoms with Gasteiger partial charge < -0.3 is 14.6 Å². The number of carbonyl (C=O) groups is 1. The highest BCUT2D eigenvalue weighted by molar-refractivity contribution is 5.93. The van der Waals surface area contributed by atoms with Gasteiger partial charge in [-0.1, -0.05) is 12.1 Å². The molecule has 2 unspecified atom stereocenters. The van der Waals surface area contributed by atoms with Gasteiger partial charge in [0.1, 0.15) is 11.9 Å². The van der Waals surface area contributed by atoms with Crippen molar-refractivity contribution in [1.82, 2.24) is 10.5 Å². The van der Waals surface area contributed by atoms with Crippen LogP contribution in [-0.2, 0) is 11.2 Å². The van der Waals surface area contributed by atoms with Crippen LogP contribution in [0.2, 0.25) is 0 Å². The lowest BCUT2D eigenvalue weighted by atomic mass is 10.1. The van der Waals surface area contributed by atoms with Crippen LogP contribution < -0.4 is 5.32 Å². The molecule has 1 aromatic heterocycles. The summed E-state index contributed by atoms with van der Waals surface area (Å²) in [6, 6.07) is 0. The van der Waals surface area contributed by atoms with Gasteiger partial charge in [0, 0.05) is 20.1 Å². The van der Waals surface area contributed by atoms with Gasteiger partial charge >= 0.3 is 0 Å². The number of carbonyl (C=O) groups excluding carboxylic acids is 1. The first kappa shape index (κ1) is 14.6. The normalized spacial score (nSPS) is 14.3. The fraction of sp³-hybridized carbons (Fsp3) is 0.667. The molecule has 0 aliphatic rings. The average Bonchev–Trinajstić information content (AvgIpc) is 2.79. The molecular weight excluding hydrogens is 239 g/mol. The van der Waals surface area contributed by atoms with Crippen molar-refractivity contribution in [3.05, 3.63) is 17.0 Å². The van der Waals surface area contributed by atoms with Gasteiger partial charge in [-0.25, -0.2) is 4.39 Å². The minimum atomic E-state index is -1.29. The van der Waals surface area contributed by atoms with Crippen LogP contribution in [0.4, 0.5) is 4.39 Å². The maximum Gasteiger partial charge on any atom is 0.273 e. The minimum absolute atomic E-state index is 0.0187. The van der Waals surface area contributed by atoms with Crippen molar-refractivity contribution in [3.63, 3.8) is 0 Å². The number of methoxy groups -OCH3 is 1.